The number of hydrogen-bond acceptors (Lipinski definition) is 4. The molecule has 0 spiro atoms. The van der Waals surface area contributed by atoms with Crippen LogP contribution in [-0.4, -0.2) is 29.4 Å². The van der Waals surface area contributed by atoms with Crippen molar-refractivity contribution in [2.75, 3.05) is 13.7 Å². The first kappa shape index (κ1) is 22.4. The number of para-hydroxylation sites is 1. The van der Waals surface area contributed by atoms with E-state index >= 15 is 0 Å². The highest BCUT2D eigenvalue weighted by Crippen LogP contribution is 2.25. The normalized spacial score (nSPS) is 10.8. The summed E-state index contributed by atoms with van der Waals surface area (Å²) in [6.07, 6.45) is 0. The number of carboxylic acids is 1. The van der Waals surface area contributed by atoms with Crippen molar-refractivity contribution < 1.29 is 19.4 Å². The fourth-order valence-electron chi connectivity index (χ4n) is 3.91. The van der Waals surface area contributed by atoms with Crippen LogP contribution in [0.2, 0.25) is 0 Å². The Morgan fingerprint density at radius 2 is 1.84 bits per heavy atom. The van der Waals surface area contributed by atoms with Crippen molar-refractivity contribution in [1.82, 2.24) is 9.88 Å². The highest BCUT2D eigenvalue weighted by molar-refractivity contribution is 5.91. The fourth-order valence-corrected chi connectivity index (χ4v) is 3.91. The molecule has 0 unspecified atom stereocenters. The molecule has 6 heteroatoms. The Bertz CT molecular complexity index is 1060. The van der Waals surface area contributed by atoms with Gasteiger partial charge >= 0.3 is 5.97 Å². The molecule has 0 aliphatic carbocycles. The molecule has 6 nitrogen and oxygen atoms in total. The lowest BCUT2D eigenvalue weighted by Crippen LogP contribution is -2.16. The second-order valence-electron chi connectivity index (χ2n) is 7.41. The topological polar surface area (TPSA) is 72.7 Å². The molecule has 3 aromatic rings. The van der Waals surface area contributed by atoms with E-state index in [0.29, 0.717) is 31.8 Å². The first-order valence-electron chi connectivity index (χ1n) is 10.4. The quantitative estimate of drug-likeness (QED) is 0.502. The van der Waals surface area contributed by atoms with E-state index in [1.807, 2.05) is 69.3 Å². The maximum absolute atomic E-state index is 12.1. The maximum atomic E-state index is 12.1. The van der Waals surface area contributed by atoms with Crippen LogP contribution in [0.4, 0.5) is 0 Å². The zero-order valence-electron chi connectivity index (χ0n) is 18.6. The summed E-state index contributed by atoms with van der Waals surface area (Å²) in [5.41, 5.74) is 4.98. The van der Waals surface area contributed by atoms with Crippen LogP contribution >= 0.6 is 0 Å². The monoisotopic (exact) mass is 422 g/mol. The highest BCUT2D eigenvalue weighted by atomic mass is 16.5. The summed E-state index contributed by atoms with van der Waals surface area (Å²) < 4.78 is 13.1. The number of nitrogens with zero attached hydrogens (tertiary/aromatic N) is 1. The van der Waals surface area contributed by atoms with E-state index in [1.165, 1.54) is 0 Å². The van der Waals surface area contributed by atoms with Gasteiger partial charge in [0.05, 0.1) is 19.3 Å². The van der Waals surface area contributed by atoms with Crippen LogP contribution in [-0.2, 0) is 19.6 Å². The van der Waals surface area contributed by atoms with Gasteiger partial charge in [-0.3, -0.25) is 0 Å². The third-order valence-corrected chi connectivity index (χ3v) is 5.49. The van der Waals surface area contributed by atoms with Gasteiger partial charge in [0.25, 0.3) is 0 Å². The van der Waals surface area contributed by atoms with Crippen molar-refractivity contribution in [2.45, 2.75) is 40.4 Å². The molecule has 31 heavy (non-hydrogen) atoms. The summed E-state index contributed by atoms with van der Waals surface area (Å²) in [6, 6.07) is 15.7. The Kier molecular flexibility index (Phi) is 7.36. The SMILES string of the molecule is CCOc1ccccc1CNCc1c(C(=O)O)c(C)n(Cc2cccc(OC)c2)c1C. The van der Waals surface area contributed by atoms with Crippen molar-refractivity contribution in [3.63, 3.8) is 0 Å². The standard InChI is InChI=1S/C25H30N2O4/c1-5-31-23-12-7-6-10-20(23)14-26-15-22-17(2)27(18(3)24(22)25(28)29)16-19-9-8-11-21(13-19)30-4/h6-13,26H,5,14-16H2,1-4H3,(H,28,29). The molecule has 0 radical (unpaired) electrons. The Labute approximate surface area is 183 Å². The minimum atomic E-state index is -0.906. The minimum absolute atomic E-state index is 0.367. The Morgan fingerprint density at radius 3 is 2.55 bits per heavy atom. The van der Waals surface area contributed by atoms with E-state index in [1.54, 1.807) is 7.11 Å². The molecule has 2 N–H and O–H groups in total. The third-order valence-electron chi connectivity index (χ3n) is 5.49. The molecule has 0 aliphatic heterocycles. The van der Waals surface area contributed by atoms with Crippen molar-refractivity contribution in [3.8, 4) is 11.5 Å². The van der Waals surface area contributed by atoms with Gasteiger partial charge in [0.1, 0.15) is 11.5 Å². The summed E-state index contributed by atoms with van der Waals surface area (Å²) in [4.78, 5) is 12.1. The van der Waals surface area contributed by atoms with E-state index < -0.39 is 5.97 Å². The van der Waals surface area contributed by atoms with Gasteiger partial charge < -0.3 is 24.5 Å². The molecule has 2 aromatic carbocycles. The Hall–Kier alpha value is -3.25. The van der Waals surface area contributed by atoms with Gasteiger partial charge in [-0.15, -0.1) is 0 Å². The molecule has 1 aromatic heterocycles. The molecule has 0 fully saturated rings. The van der Waals surface area contributed by atoms with Crippen LogP contribution in [0, 0.1) is 13.8 Å². The van der Waals surface area contributed by atoms with Gasteiger partial charge in [-0.05, 0) is 44.5 Å². The molecule has 0 bridgehead atoms. The van der Waals surface area contributed by atoms with Crippen LogP contribution in [0.15, 0.2) is 48.5 Å². The van der Waals surface area contributed by atoms with Gasteiger partial charge in [0.2, 0.25) is 0 Å². The molecular formula is C25H30N2O4. The van der Waals surface area contributed by atoms with Gasteiger partial charge in [-0.2, -0.15) is 0 Å². The van der Waals surface area contributed by atoms with E-state index in [9.17, 15) is 9.90 Å². The molecule has 0 atom stereocenters. The molecule has 0 saturated carbocycles. The maximum Gasteiger partial charge on any atom is 0.337 e. The molecule has 3 rings (SSSR count). The summed E-state index contributed by atoms with van der Waals surface area (Å²) in [5.74, 6) is 0.726. The van der Waals surface area contributed by atoms with Crippen LogP contribution in [0.5, 0.6) is 11.5 Å². The number of rotatable bonds is 10. The first-order valence-corrected chi connectivity index (χ1v) is 10.4. The second-order valence-corrected chi connectivity index (χ2v) is 7.41. The van der Waals surface area contributed by atoms with Crippen LogP contribution < -0.4 is 14.8 Å². The minimum Gasteiger partial charge on any atom is -0.497 e. The number of carbonyl (C=O) groups is 1. The molecule has 0 amide bonds. The highest BCUT2D eigenvalue weighted by Gasteiger charge is 2.22. The van der Waals surface area contributed by atoms with E-state index in [2.05, 4.69) is 9.88 Å². The van der Waals surface area contributed by atoms with E-state index in [0.717, 1.165) is 39.6 Å². The van der Waals surface area contributed by atoms with Gasteiger partial charge in [-0.1, -0.05) is 30.3 Å². The van der Waals surface area contributed by atoms with Gasteiger partial charge in [0.15, 0.2) is 0 Å². The summed E-state index contributed by atoms with van der Waals surface area (Å²) in [7, 11) is 1.64. The average Bonchev–Trinajstić information content (AvgIpc) is 2.99. The number of ether oxygens (including phenoxy) is 2. The Morgan fingerprint density at radius 1 is 1.06 bits per heavy atom. The average molecular weight is 423 g/mol. The van der Waals surface area contributed by atoms with E-state index in [-0.39, 0.29) is 0 Å². The molecule has 0 aliphatic rings. The number of aromatic nitrogens is 1. The van der Waals surface area contributed by atoms with Crippen molar-refractivity contribution in [1.29, 1.82) is 0 Å². The first-order chi connectivity index (χ1) is 15.0. The predicted octanol–water partition coefficient (Wildman–Crippen LogP) is 4.55. The van der Waals surface area contributed by atoms with Gasteiger partial charge in [0, 0.05) is 42.1 Å². The fraction of sp³-hybridized carbons (Fsp3) is 0.320. The summed E-state index contributed by atoms with van der Waals surface area (Å²) in [6.45, 7) is 8.04. The molecule has 164 valence electrons. The number of benzene rings is 2. The number of hydrogen-bond donors (Lipinski definition) is 2. The van der Waals surface area contributed by atoms with Crippen molar-refractivity contribution in [3.05, 3.63) is 82.2 Å². The second kappa shape index (κ2) is 10.2. The molecule has 1 heterocycles. The summed E-state index contributed by atoms with van der Waals surface area (Å²) in [5, 5.41) is 13.3. The van der Waals surface area contributed by atoms with Crippen molar-refractivity contribution >= 4 is 5.97 Å². The van der Waals surface area contributed by atoms with Crippen LogP contribution in [0.3, 0.4) is 0 Å². The Balaban J connectivity index is 1.83. The van der Waals surface area contributed by atoms with E-state index in [4.69, 9.17) is 9.47 Å². The third kappa shape index (κ3) is 5.09. The van der Waals surface area contributed by atoms with Crippen LogP contribution in [0.1, 0.15) is 45.4 Å². The lowest BCUT2D eigenvalue weighted by Gasteiger charge is -2.12. The summed E-state index contributed by atoms with van der Waals surface area (Å²) >= 11 is 0. The zero-order valence-corrected chi connectivity index (χ0v) is 18.6. The lowest BCUT2D eigenvalue weighted by atomic mass is 10.1. The number of carboxylic acid groups (broad SMARTS) is 1. The predicted molar refractivity (Wildman–Crippen MR) is 121 cm³/mol. The smallest absolute Gasteiger partial charge is 0.337 e. The molecular weight excluding hydrogens is 392 g/mol. The lowest BCUT2D eigenvalue weighted by molar-refractivity contribution is 0.0694. The van der Waals surface area contributed by atoms with Crippen molar-refractivity contribution in [2.24, 2.45) is 0 Å². The van der Waals surface area contributed by atoms with Gasteiger partial charge in [-0.25, -0.2) is 4.79 Å². The number of aromatic carboxylic acids is 1. The number of nitrogens with one attached hydrogen (secondary N) is 1. The zero-order chi connectivity index (χ0) is 22.4. The molecule has 0 saturated heterocycles. The van der Waals surface area contributed by atoms with Crippen LogP contribution in [0.25, 0.3) is 0 Å². The largest absolute Gasteiger partial charge is 0.497 e. The number of methoxy groups -OCH3 is 1.